The Labute approximate surface area is 146 Å². The lowest BCUT2D eigenvalue weighted by atomic mass is 9.88. The highest BCUT2D eigenvalue weighted by Gasteiger charge is 2.29. The Morgan fingerprint density at radius 3 is 2.71 bits per heavy atom. The third-order valence-electron chi connectivity index (χ3n) is 4.41. The van der Waals surface area contributed by atoms with Gasteiger partial charge >= 0.3 is 6.03 Å². The molecule has 0 radical (unpaired) electrons. The number of anilines is 1. The Balaban J connectivity index is 0.00000208. The maximum Gasteiger partial charge on any atom is 0.324 e. The first-order chi connectivity index (χ1) is 11.0. The summed E-state index contributed by atoms with van der Waals surface area (Å²) in [6.07, 6.45) is 0. The second kappa shape index (κ2) is 7.63. The van der Waals surface area contributed by atoms with E-state index in [1.54, 1.807) is 18.2 Å². The molecule has 1 aromatic rings. The normalized spacial score (nSPS) is 18.5. The number of nitrogens with one attached hydrogen (secondary N) is 3. The monoisotopic (exact) mass is 352 g/mol. The second-order valence-electron chi connectivity index (χ2n) is 6.04. The summed E-state index contributed by atoms with van der Waals surface area (Å²) in [4.78, 5) is 36.6. The smallest absolute Gasteiger partial charge is 0.324 e. The van der Waals surface area contributed by atoms with Crippen LogP contribution in [0.5, 0.6) is 0 Å². The highest BCUT2D eigenvalue weighted by Crippen LogP contribution is 2.19. The largest absolute Gasteiger partial charge is 0.329 e. The number of amides is 4. The van der Waals surface area contributed by atoms with Crippen LogP contribution in [0.25, 0.3) is 0 Å². The summed E-state index contributed by atoms with van der Waals surface area (Å²) in [5.74, 6) is 0.0779. The molecule has 2 saturated heterocycles. The zero-order valence-electron chi connectivity index (χ0n) is 13.4. The average Bonchev–Trinajstić information content (AvgIpc) is 2.78. The molecule has 2 heterocycles. The molecule has 1 unspecified atom stereocenters. The molecule has 0 bridgehead atoms. The van der Waals surface area contributed by atoms with E-state index in [2.05, 4.69) is 16.0 Å². The van der Waals surface area contributed by atoms with Crippen LogP contribution in [0.3, 0.4) is 0 Å². The molecule has 2 aliphatic heterocycles. The van der Waals surface area contributed by atoms with Gasteiger partial charge in [-0.05, 0) is 36.7 Å². The van der Waals surface area contributed by atoms with E-state index in [1.165, 1.54) is 4.90 Å². The molecule has 7 nitrogen and oxygen atoms in total. The first-order valence-corrected chi connectivity index (χ1v) is 7.73. The number of halogens is 1. The van der Waals surface area contributed by atoms with Crippen molar-refractivity contribution in [1.82, 2.24) is 15.5 Å². The number of imide groups is 1. The number of hydrogen-bond acceptors (Lipinski definition) is 4. The number of urea groups is 1. The van der Waals surface area contributed by atoms with Gasteiger partial charge < -0.3 is 16.0 Å². The Morgan fingerprint density at radius 1 is 1.38 bits per heavy atom. The van der Waals surface area contributed by atoms with Crippen molar-refractivity contribution >= 4 is 35.9 Å². The molecule has 3 N–H and O–H groups in total. The van der Waals surface area contributed by atoms with E-state index in [4.69, 9.17) is 0 Å². The van der Waals surface area contributed by atoms with Gasteiger partial charge in [0.05, 0.1) is 13.1 Å². The molecule has 0 aromatic heterocycles. The van der Waals surface area contributed by atoms with E-state index in [0.717, 1.165) is 18.7 Å². The summed E-state index contributed by atoms with van der Waals surface area (Å²) in [5.41, 5.74) is 1.48. The van der Waals surface area contributed by atoms with E-state index in [9.17, 15) is 14.4 Å². The minimum absolute atomic E-state index is 0. The molecule has 1 aromatic carbocycles. The molecular weight excluding hydrogens is 332 g/mol. The van der Waals surface area contributed by atoms with Crippen LogP contribution in [-0.2, 0) is 16.1 Å². The van der Waals surface area contributed by atoms with Crippen LogP contribution in [0, 0.1) is 11.8 Å². The molecule has 3 rings (SSSR count). The predicted octanol–water partition coefficient (Wildman–Crippen LogP) is 0.954. The van der Waals surface area contributed by atoms with Crippen molar-refractivity contribution in [1.29, 1.82) is 0 Å². The van der Waals surface area contributed by atoms with Crippen molar-refractivity contribution in [3.8, 4) is 0 Å². The minimum Gasteiger partial charge on any atom is -0.329 e. The van der Waals surface area contributed by atoms with Gasteiger partial charge in [-0.2, -0.15) is 0 Å². The molecule has 0 aliphatic carbocycles. The summed E-state index contributed by atoms with van der Waals surface area (Å²) in [6.45, 7) is 3.93. The Morgan fingerprint density at radius 2 is 2.12 bits per heavy atom. The van der Waals surface area contributed by atoms with Crippen molar-refractivity contribution in [2.24, 2.45) is 11.8 Å². The molecule has 0 spiro atoms. The summed E-state index contributed by atoms with van der Waals surface area (Å²) in [7, 11) is 0. The third kappa shape index (κ3) is 3.85. The molecule has 4 amide bonds. The van der Waals surface area contributed by atoms with Crippen molar-refractivity contribution in [3.05, 3.63) is 29.8 Å². The summed E-state index contributed by atoms with van der Waals surface area (Å²) >= 11 is 0. The molecular formula is C16H21ClN4O3. The first-order valence-electron chi connectivity index (χ1n) is 7.73. The number of hydrogen-bond donors (Lipinski definition) is 3. The lowest BCUT2D eigenvalue weighted by Gasteiger charge is -2.31. The van der Waals surface area contributed by atoms with Gasteiger partial charge in [0.15, 0.2) is 0 Å². The number of rotatable bonds is 5. The van der Waals surface area contributed by atoms with Gasteiger partial charge in [0.1, 0.15) is 0 Å². The van der Waals surface area contributed by atoms with E-state index in [1.807, 2.05) is 13.0 Å². The van der Waals surface area contributed by atoms with Gasteiger partial charge in [-0.15, -0.1) is 12.4 Å². The maximum atomic E-state index is 12.2. The molecule has 1 atom stereocenters. The fourth-order valence-corrected chi connectivity index (χ4v) is 2.68. The standard InChI is InChI=1S/C16H20N4O3.ClH/c1-10(12-6-17-7-12)15(22)19-13-4-2-3-11(5-13)9-20-14(21)8-18-16(20)23;/h2-5,10,12,17H,6-9H2,1H3,(H,18,23)(H,19,22);1H. The Hall–Kier alpha value is -2.12. The second-order valence-corrected chi connectivity index (χ2v) is 6.04. The van der Waals surface area contributed by atoms with Gasteiger partial charge in [-0.1, -0.05) is 19.1 Å². The number of carbonyl (C=O) groups is 3. The van der Waals surface area contributed by atoms with Crippen molar-refractivity contribution in [3.63, 3.8) is 0 Å². The van der Waals surface area contributed by atoms with Crippen molar-refractivity contribution in [2.75, 3.05) is 25.0 Å². The lowest BCUT2D eigenvalue weighted by molar-refractivity contribution is -0.125. The fourth-order valence-electron chi connectivity index (χ4n) is 2.68. The van der Waals surface area contributed by atoms with Crippen LogP contribution in [0.2, 0.25) is 0 Å². The van der Waals surface area contributed by atoms with Gasteiger partial charge in [0.2, 0.25) is 11.8 Å². The van der Waals surface area contributed by atoms with Gasteiger partial charge in [-0.3, -0.25) is 14.5 Å². The van der Waals surface area contributed by atoms with Crippen LogP contribution in [0.4, 0.5) is 10.5 Å². The lowest BCUT2D eigenvalue weighted by Crippen LogP contribution is -2.48. The highest BCUT2D eigenvalue weighted by molar-refractivity contribution is 6.01. The topological polar surface area (TPSA) is 90.5 Å². The summed E-state index contributed by atoms with van der Waals surface area (Å²) in [5, 5.41) is 8.56. The molecule has 8 heteroatoms. The molecule has 130 valence electrons. The van der Waals surface area contributed by atoms with Crippen LogP contribution in [-0.4, -0.2) is 42.4 Å². The zero-order valence-corrected chi connectivity index (χ0v) is 14.2. The van der Waals surface area contributed by atoms with Crippen LogP contribution < -0.4 is 16.0 Å². The quantitative estimate of drug-likeness (QED) is 0.688. The Bertz CT molecular complexity index is 632. The van der Waals surface area contributed by atoms with Crippen molar-refractivity contribution < 1.29 is 14.4 Å². The van der Waals surface area contributed by atoms with E-state index in [0.29, 0.717) is 11.6 Å². The maximum absolute atomic E-state index is 12.2. The predicted molar refractivity (Wildman–Crippen MR) is 91.8 cm³/mol. The number of benzene rings is 1. The third-order valence-corrected chi connectivity index (χ3v) is 4.41. The molecule has 24 heavy (non-hydrogen) atoms. The van der Waals surface area contributed by atoms with Gasteiger partial charge in [0, 0.05) is 11.6 Å². The SMILES string of the molecule is CC(C(=O)Nc1cccc(CN2C(=O)CNC2=O)c1)C1CNC1.Cl. The average molecular weight is 353 g/mol. The van der Waals surface area contributed by atoms with Crippen molar-refractivity contribution in [2.45, 2.75) is 13.5 Å². The number of nitrogens with zero attached hydrogens (tertiary/aromatic N) is 1. The van der Waals surface area contributed by atoms with E-state index < -0.39 is 0 Å². The van der Waals surface area contributed by atoms with Gasteiger partial charge in [0.25, 0.3) is 0 Å². The highest BCUT2D eigenvalue weighted by atomic mass is 35.5. The fraction of sp³-hybridized carbons (Fsp3) is 0.438. The summed E-state index contributed by atoms with van der Waals surface area (Å²) in [6, 6.07) is 6.85. The first kappa shape index (κ1) is 18.2. The molecule has 2 fully saturated rings. The molecule has 0 saturated carbocycles. The zero-order chi connectivity index (χ0) is 16.4. The summed E-state index contributed by atoms with van der Waals surface area (Å²) < 4.78 is 0. The molecule has 2 aliphatic rings. The van der Waals surface area contributed by atoms with E-state index >= 15 is 0 Å². The van der Waals surface area contributed by atoms with Crippen LogP contribution in [0.1, 0.15) is 12.5 Å². The van der Waals surface area contributed by atoms with Crippen LogP contribution >= 0.6 is 12.4 Å². The number of carbonyl (C=O) groups excluding carboxylic acids is 3. The van der Waals surface area contributed by atoms with E-state index in [-0.39, 0.29) is 49.3 Å². The van der Waals surface area contributed by atoms with Gasteiger partial charge in [-0.25, -0.2) is 4.79 Å². The van der Waals surface area contributed by atoms with Crippen LogP contribution in [0.15, 0.2) is 24.3 Å². The Kier molecular flexibility index (Phi) is 5.80. The minimum atomic E-state index is -0.379.